The molecule has 0 bridgehead atoms. The summed E-state index contributed by atoms with van der Waals surface area (Å²) >= 11 is 0. The van der Waals surface area contributed by atoms with Crippen LogP contribution in [0.3, 0.4) is 0 Å². The molecule has 0 saturated heterocycles. The summed E-state index contributed by atoms with van der Waals surface area (Å²) in [6, 6.07) is 8.24. The van der Waals surface area contributed by atoms with Crippen molar-refractivity contribution >= 4 is 11.7 Å². The molecule has 116 valence electrons. The van der Waals surface area contributed by atoms with Gasteiger partial charge in [0.25, 0.3) is 0 Å². The number of esters is 1. The van der Waals surface area contributed by atoms with E-state index in [-0.39, 0.29) is 5.97 Å². The molecule has 0 spiro atoms. The molecule has 1 aliphatic carbocycles. The average molecular weight is 289 g/mol. The van der Waals surface area contributed by atoms with Crippen LogP contribution in [-0.4, -0.2) is 18.6 Å². The molecule has 2 rings (SSSR count). The van der Waals surface area contributed by atoms with Gasteiger partial charge in [-0.15, -0.1) is 0 Å². The molecule has 3 nitrogen and oxygen atoms in total. The highest BCUT2D eigenvalue weighted by Gasteiger charge is 2.49. The number of carbonyl (C=O) groups is 1. The third kappa shape index (κ3) is 3.22. The van der Waals surface area contributed by atoms with Crippen molar-refractivity contribution in [2.24, 2.45) is 11.8 Å². The van der Waals surface area contributed by atoms with E-state index >= 15 is 0 Å². The lowest BCUT2D eigenvalue weighted by molar-refractivity contribution is -0.150. The molecular weight excluding hydrogens is 262 g/mol. The van der Waals surface area contributed by atoms with Gasteiger partial charge in [-0.3, -0.25) is 0 Å². The largest absolute Gasteiger partial charge is 0.467 e. The fraction of sp³-hybridized carbons (Fsp3) is 0.611. The van der Waals surface area contributed by atoms with Gasteiger partial charge in [0.15, 0.2) is 0 Å². The molecule has 0 amide bonds. The Hall–Kier alpha value is -1.51. The molecule has 0 heterocycles. The Morgan fingerprint density at radius 3 is 2.52 bits per heavy atom. The van der Waals surface area contributed by atoms with E-state index in [1.165, 1.54) is 19.1 Å². The molecule has 2 atom stereocenters. The zero-order valence-electron chi connectivity index (χ0n) is 13.6. The summed E-state index contributed by atoms with van der Waals surface area (Å²) in [7, 11) is 1.49. The topological polar surface area (TPSA) is 38.3 Å². The molecule has 0 aliphatic heterocycles. The van der Waals surface area contributed by atoms with Crippen molar-refractivity contribution in [3.63, 3.8) is 0 Å². The van der Waals surface area contributed by atoms with Crippen LogP contribution in [0.4, 0.5) is 5.69 Å². The first kappa shape index (κ1) is 15.9. The molecule has 2 unspecified atom stereocenters. The van der Waals surface area contributed by atoms with Crippen LogP contribution in [0.2, 0.25) is 0 Å². The van der Waals surface area contributed by atoms with Crippen molar-refractivity contribution in [3.8, 4) is 0 Å². The summed E-state index contributed by atoms with van der Waals surface area (Å²) in [6.07, 6.45) is 4.18. The van der Waals surface area contributed by atoms with Crippen molar-refractivity contribution in [2.75, 3.05) is 12.4 Å². The summed E-state index contributed by atoms with van der Waals surface area (Å²) in [4.78, 5) is 12.6. The number of carbonyl (C=O) groups excluding carboxylic acids is 1. The first-order valence-corrected chi connectivity index (χ1v) is 7.93. The Morgan fingerprint density at radius 1 is 1.29 bits per heavy atom. The highest BCUT2D eigenvalue weighted by Crippen LogP contribution is 2.41. The Bertz CT molecular complexity index is 480. The molecule has 1 aromatic carbocycles. The van der Waals surface area contributed by atoms with Crippen LogP contribution >= 0.6 is 0 Å². The first-order valence-electron chi connectivity index (χ1n) is 7.93. The predicted octanol–water partition coefficient (Wildman–Crippen LogP) is 4.16. The van der Waals surface area contributed by atoms with E-state index in [2.05, 4.69) is 38.2 Å². The molecular formula is C18H27NO2. The van der Waals surface area contributed by atoms with Gasteiger partial charge < -0.3 is 10.1 Å². The Morgan fingerprint density at radius 2 is 1.95 bits per heavy atom. The Labute approximate surface area is 128 Å². The Kier molecular flexibility index (Phi) is 4.92. The molecule has 1 aliphatic rings. The number of hydrogen-bond acceptors (Lipinski definition) is 3. The van der Waals surface area contributed by atoms with Gasteiger partial charge in [-0.05, 0) is 43.7 Å². The fourth-order valence-corrected chi connectivity index (χ4v) is 3.64. The van der Waals surface area contributed by atoms with Gasteiger partial charge in [0.1, 0.15) is 5.54 Å². The number of rotatable bonds is 4. The van der Waals surface area contributed by atoms with Crippen LogP contribution in [0.1, 0.15) is 45.1 Å². The number of methoxy groups -OCH3 is 1. The van der Waals surface area contributed by atoms with Crippen molar-refractivity contribution in [1.29, 1.82) is 0 Å². The van der Waals surface area contributed by atoms with E-state index in [0.29, 0.717) is 11.8 Å². The Balaban J connectivity index is 2.35. The summed E-state index contributed by atoms with van der Waals surface area (Å²) in [5.41, 5.74) is 1.63. The van der Waals surface area contributed by atoms with E-state index in [4.69, 9.17) is 4.74 Å². The van der Waals surface area contributed by atoms with Crippen LogP contribution in [0, 0.1) is 18.8 Å². The third-order valence-corrected chi connectivity index (χ3v) is 4.74. The predicted molar refractivity (Wildman–Crippen MR) is 86.3 cm³/mol. The highest BCUT2D eigenvalue weighted by molar-refractivity contribution is 5.85. The van der Waals surface area contributed by atoms with Crippen LogP contribution < -0.4 is 5.32 Å². The zero-order chi connectivity index (χ0) is 15.5. The van der Waals surface area contributed by atoms with Gasteiger partial charge in [-0.1, -0.05) is 44.4 Å². The van der Waals surface area contributed by atoms with Gasteiger partial charge in [-0.25, -0.2) is 4.79 Å². The minimum absolute atomic E-state index is 0.124. The van der Waals surface area contributed by atoms with Crippen LogP contribution in [-0.2, 0) is 9.53 Å². The summed E-state index contributed by atoms with van der Waals surface area (Å²) < 4.78 is 5.17. The molecule has 0 aromatic heterocycles. The molecule has 1 aromatic rings. The number of hydrogen-bond donors (Lipinski definition) is 1. The third-order valence-electron chi connectivity index (χ3n) is 4.74. The van der Waals surface area contributed by atoms with E-state index < -0.39 is 5.54 Å². The smallest absolute Gasteiger partial charge is 0.331 e. The molecule has 1 fully saturated rings. The lowest BCUT2D eigenvalue weighted by atomic mass is 9.67. The normalized spacial score (nSPS) is 25.7. The number of aryl methyl sites for hydroxylation is 1. The summed E-state index contributed by atoms with van der Waals surface area (Å²) in [5.74, 6) is 0.629. The second kappa shape index (κ2) is 6.50. The molecule has 1 saturated carbocycles. The van der Waals surface area contributed by atoms with Gasteiger partial charge in [0.2, 0.25) is 0 Å². The molecule has 1 N–H and O–H groups in total. The second-order valence-corrected chi connectivity index (χ2v) is 6.55. The van der Waals surface area contributed by atoms with E-state index in [9.17, 15) is 4.79 Å². The molecule has 21 heavy (non-hydrogen) atoms. The SMILES string of the molecule is COC(=O)C1(Nc2ccc(C)cc2)CCCCC1C(C)C. The minimum Gasteiger partial charge on any atom is -0.467 e. The zero-order valence-corrected chi connectivity index (χ0v) is 13.6. The summed E-state index contributed by atoms with van der Waals surface area (Å²) in [6.45, 7) is 6.46. The van der Waals surface area contributed by atoms with Gasteiger partial charge >= 0.3 is 5.97 Å². The standard InChI is InChI=1S/C18H27NO2/c1-13(2)16-7-5-6-12-18(16,17(20)21-4)19-15-10-8-14(3)9-11-15/h8-11,13,16,19H,5-7,12H2,1-4H3. The summed E-state index contributed by atoms with van der Waals surface area (Å²) in [5, 5.41) is 3.53. The van der Waals surface area contributed by atoms with Gasteiger partial charge in [0.05, 0.1) is 7.11 Å². The fourth-order valence-electron chi connectivity index (χ4n) is 3.64. The van der Waals surface area contributed by atoms with Crippen LogP contribution in [0.15, 0.2) is 24.3 Å². The maximum atomic E-state index is 12.6. The van der Waals surface area contributed by atoms with E-state index in [0.717, 1.165) is 24.9 Å². The average Bonchev–Trinajstić information content (AvgIpc) is 2.49. The lowest BCUT2D eigenvalue weighted by Gasteiger charge is -2.45. The number of ether oxygens (including phenoxy) is 1. The maximum absolute atomic E-state index is 12.6. The van der Waals surface area contributed by atoms with Crippen molar-refractivity contribution in [3.05, 3.63) is 29.8 Å². The first-order chi connectivity index (χ1) is 9.99. The van der Waals surface area contributed by atoms with E-state index in [1.807, 2.05) is 12.1 Å². The quantitative estimate of drug-likeness (QED) is 0.846. The molecule has 0 radical (unpaired) electrons. The second-order valence-electron chi connectivity index (χ2n) is 6.55. The van der Waals surface area contributed by atoms with Gasteiger partial charge in [0, 0.05) is 5.69 Å². The van der Waals surface area contributed by atoms with Crippen molar-refractivity contribution < 1.29 is 9.53 Å². The molecule has 3 heteroatoms. The van der Waals surface area contributed by atoms with Gasteiger partial charge in [-0.2, -0.15) is 0 Å². The number of benzene rings is 1. The number of anilines is 1. The monoisotopic (exact) mass is 289 g/mol. The maximum Gasteiger partial charge on any atom is 0.331 e. The van der Waals surface area contributed by atoms with Crippen molar-refractivity contribution in [2.45, 2.75) is 52.0 Å². The highest BCUT2D eigenvalue weighted by atomic mass is 16.5. The van der Waals surface area contributed by atoms with E-state index in [1.54, 1.807) is 0 Å². The number of nitrogens with one attached hydrogen (secondary N) is 1. The lowest BCUT2D eigenvalue weighted by Crippen LogP contribution is -2.56. The van der Waals surface area contributed by atoms with Crippen molar-refractivity contribution in [1.82, 2.24) is 0 Å². The minimum atomic E-state index is -0.587. The van der Waals surface area contributed by atoms with Crippen LogP contribution in [0.5, 0.6) is 0 Å². The van der Waals surface area contributed by atoms with Crippen LogP contribution in [0.25, 0.3) is 0 Å².